The summed E-state index contributed by atoms with van der Waals surface area (Å²) in [6.07, 6.45) is 3.81. The van der Waals surface area contributed by atoms with Gasteiger partial charge in [0.15, 0.2) is 16.1 Å². The first-order valence-electron chi connectivity index (χ1n) is 30.4. The molecule has 6 aromatic heterocycles. The number of fused-ring (bicyclic) bond motifs is 6. The van der Waals surface area contributed by atoms with Gasteiger partial charge in [-0.15, -0.1) is 0 Å². The van der Waals surface area contributed by atoms with Crippen molar-refractivity contribution in [2.45, 2.75) is 0 Å². The van der Waals surface area contributed by atoms with Crippen LogP contribution in [0.1, 0.15) is 0 Å². The fourth-order valence-corrected chi connectivity index (χ4v) is 28.5. The standard InChI is InChI=1S/C80H58N6Si3/c1-9-29-59(30-10-1)87(60-31-11-2-12-32-60,61-33-13-3-14-34-61)67-51-53-73-71(57-67)69-45-27-55-81-79(69)85(73)75-47-25-49-77(83-75)89(65-41-21-7-22-42-65,66-43-23-8-24-44-66)78-50-26-48-76(84-78)86-74-54-52-68(58-72(74)70-46-28-56-82-80(70)86)88(62-35-15-4-16-36-62,63-37-17-5-18-38-63)64-39-19-6-20-40-64/h1-58H. The first-order chi connectivity index (χ1) is 44.2. The van der Waals surface area contributed by atoms with Gasteiger partial charge in [0.25, 0.3) is 0 Å². The maximum atomic E-state index is 5.97. The highest BCUT2D eigenvalue weighted by molar-refractivity contribution is 7.21. The molecule has 0 amide bonds. The Morgan fingerprint density at radius 1 is 0.213 bits per heavy atom. The Balaban J connectivity index is 0.903. The van der Waals surface area contributed by atoms with E-state index in [1.165, 1.54) is 51.9 Å². The largest absolute Gasteiger partial charge is 0.278 e. The molecule has 10 aromatic carbocycles. The number of hydrogen-bond donors (Lipinski definition) is 0. The molecule has 0 aliphatic heterocycles. The third kappa shape index (κ3) is 8.57. The lowest BCUT2D eigenvalue weighted by Crippen LogP contribution is -2.76. The average Bonchev–Trinajstić information content (AvgIpc) is 1.86. The Bertz CT molecular complexity index is 4670. The minimum atomic E-state index is -3.43. The minimum Gasteiger partial charge on any atom is -0.278 e. The van der Waals surface area contributed by atoms with E-state index in [1.54, 1.807) is 0 Å². The second-order valence-corrected chi connectivity index (χ2v) is 34.1. The summed E-state index contributed by atoms with van der Waals surface area (Å²) in [5.74, 6) is 1.57. The highest BCUT2D eigenvalue weighted by Crippen LogP contribution is 2.32. The van der Waals surface area contributed by atoms with Crippen molar-refractivity contribution < 1.29 is 0 Å². The number of hydrogen-bond acceptors (Lipinski definition) is 4. The Kier molecular flexibility index (Phi) is 13.5. The maximum Gasteiger partial charge on any atom is 0.223 e. The van der Waals surface area contributed by atoms with Crippen LogP contribution in [-0.2, 0) is 0 Å². The second-order valence-electron chi connectivity index (χ2n) is 22.8. The van der Waals surface area contributed by atoms with Gasteiger partial charge in [-0.1, -0.05) is 279 Å². The van der Waals surface area contributed by atoms with Crippen LogP contribution in [0.15, 0.2) is 352 Å². The third-order valence-electron chi connectivity index (χ3n) is 18.3. The van der Waals surface area contributed by atoms with E-state index >= 15 is 0 Å². The molecule has 0 saturated heterocycles. The fourth-order valence-electron chi connectivity index (χ4n) is 14.5. The van der Waals surface area contributed by atoms with E-state index in [4.69, 9.17) is 19.9 Å². The van der Waals surface area contributed by atoms with Crippen molar-refractivity contribution in [2.75, 3.05) is 0 Å². The Morgan fingerprint density at radius 2 is 0.494 bits per heavy atom. The quantitative estimate of drug-likeness (QED) is 0.0805. The fraction of sp³-hybridized carbons (Fsp3) is 0. The summed E-state index contributed by atoms with van der Waals surface area (Å²) in [4.78, 5) is 22.4. The van der Waals surface area contributed by atoms with Crippen LogP contribution < -0.4 is 62.5 Å². The lowest BCUT2D eigenvalue weighted by atomic mass is 10.2. The van der Waals surface area contributed by atoms with Crippen LogP contribution in [0.25, 0.3) is 55.5 Å². The van der Waals surface area contributed by atoms with Crippen molar-refractivity contribution in [1.82, 2.24) is 29.1 Å². The molecular formula is C80H58N6Si3. The summed E-state index contributed by atoms with van der Waals surface area (Å²) in [5, 5.41) is 19.2. The molecule has 16 rings (SSSR count). The zero-order valence-corrected chi connectivity index (χ0v) is 51.7. The van der Waals surface area contributed by atoms with Gasteiger partial charge in [-0.3, -0.25) is 9.13 Å². The van der Waals surface area contributed by atoms with E-state index < -0.39 is 24.2 Å². The smallest absolute Gasteiger partial charge is 0.223 e. The van der Waals surface area contributed by atoms with Crippen molar-refractivity contribution in [3.05, 3.63) is 352 Å². The number of aromatic nitrogens is 6. The average molecular weight is 1190 g/mol. The monoisotopic (exact) mass is 1190 g/mol. The highest BCUT2D eigenvalue weighted by atomic mass is 28.3. The van der Waals surface area contributed by atoms with E-state index in [0.717, 1.165) is 66.1 Å². The second kappa shape index (κ2) is 22.4. The molecule has 0 atom stereocenters. The summed E-state index contributed by atoms with van der Waals surface area (Å²) in [7, 11) is -9.18. The summed E-state index contributed by atoms with van der Waals surface area (Å²) in [6, 6.07) is 125. The van der Waals surface area contributed by atoms with Crippen LogP contribution >= 0.6 is 0 Å². The molecule has 9 heteroatoms. The molecule has 0 aliphatic carbocycles. The SMILES string of the molecule is c1ccc([Si](c2ccccc2)(c2ccccc2)c2ccc3c(c2)c2cccnc2n3-c2cccc([Si](c3ccccc3)(c3ccccc3)c3cccc(-n4c5ccc([Si](c6ccccc6)(c6ccccc6)c6ccccc6)cc5c5cccnc54)n3)n2)cc1. The molecule has 0 spiro atoms. The molecule has 0 unspecified atom stereocenters. The number of benzene rings is 10. The maximum absolute atomic E-state index is 5.97. The lowest BCUT2D eigenvalue weighted by Gasteiger charge is -2.34. The summed E-state index contributed by atoms with van der Waals surface area (Å²) < 4.78 is 4.55. The van der Waals surface area contributed by atoms with Crippen molar-refractivity contribution >= 4 is 131 Å². The van der Waals surface area contributed by atoms with Gasteiger partial charge < -0.3 is 0 Å². The van der Waals surface area contributed by atoms with Gasteiger partial charge in [-0.25, -0.2) is 19.9 Å². The molecule has 89 heavy (non-hydrogen) atoms. The lowest BCUT2D eigenvalue weighted by molar-refractivity contribution is 1.06. The molecule has 16 aromatic rings. The highest BCUT2D eigenvalue weighted by Gasteiger charge is 2.46. The third-order valence-corrected chi connectivity index (χ3v) is 32.3. The van der Waals surface area contributed by atoms with Crippen molar-refractivity contribution in [1.29, 1.82) is 0 Å². The molecule has 0 saturated carbocycles. The normalized spacial score (nSPS) is 12.0. The molecule has 0 bridgehead atoms. The summed E-state index contributed by atoms with van der Waals surface area (Å²) in [5.41, 5.74) is 3.77. The van der Waals surface area contributed by atoms with E-state index in [-0.39, 0.29) is 0 Å². The zero-order chi connectivity index (χ0) is 59.2. The molecule has 0 aliphatic rings. The summed E-state index contributed by atoms with van der Waals surface area (Å²) >= 11 is 0. The minimum absolute atomic E-state index is 0.787. The van der Waals surface area contributed by atoms with Crippen LogP contribution in [-0.4, -0.2) is 53.3 Å². The Hall–Kier alpha value is -10.9. The molecule has 420 valence electrons. The van der Waals surface area contributed by atoms with Gasteiger partial charge in [0.05, 0.1) is 11.0 Å². The van der Waals surface area contributed by atoms with Gasteiger partial charge in [0, 0.05) is 44.6 Å². The molecule has 0 fully saturated rings. The Morgan fingerprint density at radius 3 is 0.787 bits per heavy atom. The van der Waals surface area contributed by atoms with Crippen LogP contribution in [0.4, 0.5) is 0 Å². The van der Waals surface area contributed by atoms with Crippen LogP contribution in [0.2, 0.25) is 0 Å². The topological polar surface area (TPSA) is 61.4 Å². The van der Waals surface area contributed by atoms with Crippen LogP contribution in [0.3, 0.4) is 0 Å². The predicted molar refractivity (Wildman–Crippen MR) is 377 cm³/mol. The van der Waals surface area contributed by atoms with Gasteiger partial charge in [-0.2, -0.15) is 0 Å². The van der Waals surface area contributed by atoms with E-state index in [2.05, 4.69) is 349 Å². The van der Waals surface area contributed by atoms with Crippen molar-refractivity contribution in [3.63, 3.8) is 0 Å². The zero-order valence-electron chi connectivity index (χ0n) is 48.7. The summed E-state index contributed by atoms with van der Waals surface area (Å²) in [6.45, 7) is 0. The number of nitrogens with zero attached hydrogens (tertiary/aromatic N) is 6. The first-order valence-corrected chi connectivity index (χ1v) is 36.4. The van der Waals surface area contributed by atoms with Gasteiger partial charge >= 0.3 is 0 Å². The van der Waals surface area contributed by atoms with E-state index in [1.807, 2.05) is 12.4 Å². The molecule has 6 nitrogen and oxygen atoms in total. The Labute approximate surface area is 520 Å². The molecule has 0 N–H and O–H groups in total. The molecule has 0 radical (unpaired) electrons. The first kappa shape index (κ1) is 53.5. The van der Waals surface area contributed by atoms with Crippen LogP contribution in [0.5, 0.6) is 0 Å². The van der Waals surface area contributed by atoms with Gasteiger partial charge in [0.2, 0.25) is 8.07 Å². The van der Waals surface area contributed by atoms with Gasteiger partial charge in [0.1, 0.15) is 22.9 Å². The number of pyridine rings is 4. The molecular weight excluding hydrogens is 1130 g/mol. The van der Waals surface area contributed by atoms with Crippen LogP contribution in [0, 0.1) is 0 Å². The van der Waals surface area contributed by atoms with Crippen molar-refractivity contribution in [3.8, 4) is 11.6 Å². The predicted octanol–water partition coefficient (Wildman–Crippen LogP) is 9.59. The van der Waals surface area contributed by atoms with Gasteiger partial charge in [-0.05, 0) is 113 Å². The number of rotatable bonds is 14. The van der Waals surface area contributed by atoms with E-state index in [9.17, 15) is 0 Å². The van der Waals surface area contributed by atoms with Crippen molar-refractivity contribution in [2.24, 2.45) is 0 Å². The van der Waals surface area contributed by atoms with E-state index in [0.29, 0.717) is 0 Å². The molecule has 6 heterocycles.